The molecule has 27 heavy (non-hydrogen) atoms. The van der Waals surface area contributed by atoms with E-state index in [1.165, 1.54) is 13.2 Å². The van der Waals surface area contributed by atoms with Crippen LogP contribution in [0.4, 0.5) is 10.1 Å². The number of anilines is 1. The molecule has 8 nitrogen and oxygen atoms in total. The topological polar surface area (TPSA) is 93.1 Å². The molecular weight excluding hydrogens is 369 g/mol. The lowest BCUT2D eigenvalue weighted by atomic mass is 10.0. The minimum Gasteiger partial charge on any atom is -0.474 e. The third-order valence-corrected chi connectivity index (χ3v) is 4.78. The maximum absolute atomic E-state index is 14.9. The number of hydrogen-bond donors (Lipinski definition) is 2. The minimum atomic E-state index is -0.479. The van der Waals surface area contributed by atoms with Gasteiger partial charge in [-0.2, -0.15) is 5.26 Å². The van der Waals surface area contributed by atoms with Crippen LogP contribution in [0.25, 0.3) is 0 Å². The lowest BCUT2D eigenvalue weighted by Crippen LogP contribution is -2.46. The van der Waals surface area contributed by atoms with Crippen LogP contribution in [-0.4, -0.2) is 65.3 Å². The number of methoxy groups -OCH3 is 1. The van der Waals surface area contributed by atoms with Crippen LogP contribution in [-0.2, 0) is 4.74 Å². The molecule has 1 aromatic carbocycles. The van der Waals surface area contributed by atoms with Gasteiger partial charge in [-0.3, -0.25) is 10.00 Å². The van der Waals surface area contributed by atoms with Crippen molar-refractivity contribution < 1.29 is 9.13 Å². The highest BCUT2D eigenvalue weighted by Gasteiger charge is 2.23. The standard InChI is InChI=1S/C17H20FN7OS/c1-26-17(27)21-16(14-11-20-23-22-14)12-2-3-15(13(18)10-12)25-8-6-24(5-4-19)7-9-25/h2-3,10-11,16H,5-9H2,1H3,(H,21,27)(H,20,22,23). The highest BCUT2D eigenvalue weighted by Crippen LogP contribution is 2.27. The molecule has 0 amide bonds. The summed E-state index contributed by atoms with van der Waals surface area (Å²) in [7, 11) is 1.46. The summed E-state index contributed by atoms with van der Waals surface area (Å²) in [6.45, 7) is 3.23. The summed E-state index contributed by atoms with van der Waals surface area (Å²) in [5.41, 5.74) is 1.78. The Morgan fingerprint density at radius 2 is 2.22 bits per heavy atom. The number of H-pyrrole nitrogens is 1. The summed E-state index contributed by atoms with van der Waals surface area (Å²) in [5, 5.41) is 22.3. The van der Waals surface area contributed by atoms with Gasteiger partial charge in [0.2, 0.25) is 0 Å². The fourth-order valence-electron chi connectivity index (χ4n) is 3.06. The Bertz CT molecular complexity index is 815. The second-order valence-electron chi connectivity index (χ2n) is 6.10. The van der Waals surface area contributed by atoms with Crippen LogP contribution in [0.15, 0.2) is 24.4 Å². The lowest BCUT2D eigenvalue weighted by Gasteiger charge is -2.35. The maximum Gasteiger partial charge on any atom is 0.257 e. The third kappa shape index (κ3) is 4.50. The first-order valence-electron chi connectivity index (χ1n) is 8.47. The highest BCUT2D eigenvalue weighted by molar-refractivity contribution is 7.80. The monoisotopic (exact) mass is 389 g/mol. The summed E-state index contributed by atoms with van der Waals surface area (Å²) in [6.07, 6.45) is 1.62. The number of nitrogens with one attached hydrogen (secondary N) is 2. The number of aromatic amines is 1. The molecule has 1 atom stereocenters. The molecule has 2 heterocycles. The number of benzene rings is 1. The molecule has 142 valence electrons. The van der Waals surface area contributed by atoms with E-state index < -0.39 is 6.04 Å². The lowest BCUT2D eigenvalue weighted by molar-refractivity contribution is 0.286. The molecule has 2 aromatic rings. The van der Waals surface area contributed by atoms with E-state index in [1.807, 2.05) is 11.0 Å². The zero-order valence-electron chi connectivity index (χ0n) is 14.9. The summed E-state index contributed by atoms with van der Waals surface area (Å²) >= 11 is 5.08. The van der Waals surface area contributed by atoms with Gasteiger partial charge in [0.05, 0.1) is 25.4 Å². The molecule has 1 unspecified atom stereocenters. The average molecular weight is 389 g/mol. The molecule has 0 spiro atoms. The molecule has 1 fully saturated rings. The number of thiocarbonyl (C=S) groups is 1. The second kappa shape index (κ2) is 8.75. The summed E-state index contributed by atoms with van der Waals surface area (Å²) < 4.78 is 19.9. The van der Waals surface area contributed by atoms with Crippen molar-refractivity contribution in [2.45, 2.75) is 6.04 Å². The van der Waals surface area contributed by atoms with Crippen molar-refractivity contribution in [3.8, 4) is 6.07 Å². The molecule has 1 saturated heterocycles. The Kier molecular flexibility index (Phi) is 6.16. The molecular formula is C17H20FN7OS. The van der Waals surface area contributed by atoms with Crippen molar-refractivity contribution in [3.05, 3.63) is 41.5 Å². The minimum absolute atomic E-state index is 0.182. The van der Waals surface area contributed by atoms with Gasteiger partial charge in [-0.05, 0) is 29.9 Å². The number of nitriles is 1. The number of ether oxygens (including phenoxy) is 1. The van der Waals surface area contributed by atoms with Crippen molar-refractivity contribution in [1.82, 2.24) is 25.6 Å². The summed E-state index contributed by atoms with van der Waals surface area (Å²) in [4.78, 5) is 4.05. The summed E-state index contributed by atoms with van der Waals surface area (Å²) in [5.74, 6) is -0.320. The van der Waals surface area contributed by atoms with Crippen LogP contribution in [0.1, 0.15) is 17.3 Å². The van der Waals surface area contributed by atoms with Crippen molar-refractivity contribution in [2.24, 2.45) is 0 Å². The number of halogens is 1. The van der Waals surface area contributed by atoms with Crippen molar-refractivity contribution in [2.75, 3.05) is 44.7 Å². The number of aromatic nitrogens is 3. The van der Waals surface area contributed by atoms with E-state index >= 15 is 0 Å². The van der Waals surface area contributed by atoms with Crippen LogP contribution < -0.4 is 10.2 Å². The van der Waals surface area contributed by atoms with Gasteiger partial charge < -0.3 is 15.0 Å². The van der Waals surface area contributed by atoms with Gasteiger partial charge in [-0.25, -0.2) is 4.39 Å². The molecule has 3 rings (SSSR count). The molecule has 0 bridgehead atoms. The Morgan fingerprint density at radius 3 is 2.81 bits per heavy atom. The predicted octanol–water partition coefficient (Wildman–Crippen LogP) is 1.20. The summed E-state index contributed by atoms with van der Waals surface area (Å²) in [6, 6.07) is 6.74. The van der Waals surface area contributed by atoms with Crippen molar-refractivity contribution in [3.63, 3.8) is 0 Å². The SMILES string of the molecule is COC(=S)NC(c1ccc(N2CCN(CC#N)CC2)c(F)c1)c1c[nH]nn1. The molecule has 2 N–H and O–H groups in total. The Labute approximate surface area is 161 Å². The molecule has 0 aliphatic carbocycles. The fraction of sp³-hybridized carbons (Fsp3) is 0.412. The maximum atomic E-state index is 14.9. The largest absolute Gasteiger partial charge is 0.474 e. The van der Waals surface area contributed by atoms with Gasteiger partial charge in [0.25, 0.3) is 5.17 Å². The molecule has 0 radical (unpaired) electrons. The zero-order chi connectivity index (χ0) is 19.2. The average Bonchev–Trinajstić information content (AvgIpc) is 3.21. The molecule has 1 aromatic heterocycles. The van der Waals surface area contributed by atoms with Crippen molar-refractivity contribution >= 4 is 23.1 Å². The number of rotatable bonds is 5. The van der Waals surface area contributed by atoms with E-state index in [2.05, 4.69) is 31.7 Å². The van der Waals surface area contributed by atoms with Crippen LogP contribution in [0, 0.1) is 17.1 Å². The van der Waals surface area contributed by atoms with Gasteiger partial charge >= 0.3 is 0 Å². The van der Waals surface area contributed by atoms with Gasteiger partial charge in [0.15, 0.2) is 0 Å². The second-order valence-corrected chi connectivity index (χ2v) is 6.47. The Hall–Kier alpha value is -2.77. The quantitative estimate of drug-likeness (QED) is 0.582. The first-order valence-corrected chi connectivity index (χ1v) is 8.87. The van der Waals surface area contributed by atoms with Crippen LogP contribution >= 0.6 is 12.2 Å². The number of hydrogen-bond acceptors (Lipinski definition) is 7. The first-order chi connectivity index (χ1) is 13.1. The molecule has 10 heteroatoms. The highest BCUT2D eigenvalue weighted by atomic mass is 32.1. The fourth-order valence-corrected chi connectivity index (χ4v) is 3.18. The normalized spacial score (nSPS) is 15.8. The number of piperazine rings is 1. The Balaban J connectivity index is 1.78. The van der Waals surface area contributed by atoms with E-state index in [1.54, 1.807) is 12.3 Å². The zero-order valence-corrected chi connectivity index (χ0v) is 15.7. The van der Waals surface area contributed by atoms with E-state index in [4.69, 9.17) is 22.2 Å². The molecule has 1 aliphatic rings. The Morgan fingerprint density at radius 1 is 1.44 bits per heavy atom. The van der Waals surface area contributed by atoms with Crippen molar-refractivity contribution in [1.29, 1.82) is 5.26 Å². The van der Waals surface area contributed by atoms with Crippen LogP contribution in [0.3, 0.4) is 0 Å². The van der Waals surface area contributed by atoms with E-state index in [0.29, 0.717) is 36.6 Å². The smallest absolute Gasteiger partial charge is 0.257 e. The van der Waals surface area contributed by atoms with Crippen LogP contribution in [0.2, 0.25) is 0 Å². The van der Waals surface area contributed by atoms with Gasteiger partial charge in [-0.15, -0.1) is 5.10 Å². The van der Waals surface area contributed by atoms with E-state index in [0.717, 1.165) is 13.1 Å². The number of nitrogens with zero attached hydrogens (tertiary/aromatic N) is 5. The molecule has 1 aliphatic heterocycles. The third-order valence-electron chi connectivity index (χ3n) is 4.49. The molecule has 0 saturated carbocycles. The van der Waals surface area contributed by atoms with E-state index in [9.17, 15) is 4.39 Å². The van der Waals surface area contributed by atoms with Gasteiger partial charge in [-0.1, -0.05) is 11.3 Å². The first kappa shape index (κ1) is 19.0. The van der Waals surface area contributed by atoms with Gasteiger partial charge in [0.1, 0.15) is 17.6 Å². The predicted molar refractivity (Wildman–Crippen MR) is 102 cm³/mol. The van der Waals surface area contributed by atoms with E-state index in [-0.39, 0.29) is 11.0 Å². The van der Waals surface area contributed by atoms with Crippen LogP contribution in [0.5, 0.6) is 0 Å². The van der Waals surface area contributed by atoms with Gasteiger partial charge in [0, 0.05) is 32.4 Å².